The van der Waals surface area contributed by atoms with Crippen LogP contribution >= 0.6 is 0 Å². The van der Waals surface area contributed by atoms with E-state index in [1.54, 1.807) is 0 Å². The van der Waals surface area contributed by atoms with Crippen LogP contribution in [0.3, 0.4) is 0 Å². The molecule has 0 aliphatic heterocycles. The maximum atomic E-state index is 11.9. The summed E-state index contributed by atoms with van der Waals surface area (Å²) >= 11 is 0. The van der Waals surface area contributed by atoms with E-state index in [-0.39, 0.29) is 30.0 Å². The maximum Gasteiger partial charge on any atom is 0.303 e. The second-order valence-electron chi connectivity index (χ2n) is 11.9. The molecule has 176 valence electrons. The van der Waals surface area contributed by atoms with Gasteiger partial charge in [0.15, 0.2) is 0 Å². The maximum absolute atomic E-state index is 11.9. The Bertz CT molecular complexity index is 706. The molecule has 4 rings (SSSR count). The SMILES string of the molecule is CC(=O)OC1C[C@@H](O)CC2CC[C@@H]3[C@H](CC[C@]4(C)[C@@H]([C@H](C)CCC(=O)O)CC[C@@H]34)[C@]21C. The van der Waals surface area contributed by atoms with Crippen LogP contribution in [0.25, 0.3) is 0 Å². The number of fused-ring (bicyclic) bond motifs is 5. The Morgan fingerprint density at radius 2 is 1.81 bits per heavy atom. The lowest BCUT2D eigenvalue weighted by molar-refractivity contribution is -0.201. The molecule has 0 saturated heterocycles. The second kappa shape index (κ2) is 8.35. The summed E-state index contributed by atoms with van der Waals surface area (Å²) in [7, 11) is 0. The summed E-state index contributed by atoms with van der Waals surface area (Å²) in [5, 5.41) is 19.6. The van der Waals surface area contributed by atoms with Crippen molar-refractivity contribution >= 4 is 11.9 Å². The van der Waals surface area contributed by atoms with E-state index in [4.69, 9.17) is 9.84 Å². The van der Waals surface area contributed by atoms with E-state index in [1.165, 1.54) is 39.0 Å². The molecule has 4 saturated carbocycles. The van der Waals surface area contributed by atoms with Crippen molar-refractivity contribution in [3.63, 3.8) is 0 Å². The van der Waals surface area contributed by atoms with Crippen LogP contribution < -0.4 is 0 Å². The number of hydrogen-bond donors (Lipinski definition) is 2. The minimum Gasteiger partial charge on any atom is -0.481 e. The van der Waals surface area contributed by atoms with Crippen LogP contribution in [-0.2, 0) is 14.3 Å². The fourth-order valence-corrected chi connectivity index (χ4v) is 9.17. The van der Waals surface area contributed by atoms with Crippen molar-refractivity contribution in [1.82, 2.24) is 0 Å². The van der Waals surface area contributed by atoms with Crippen LogP contribution in [-0.4, -0.2) is 34.4 Å². The summed E-state index contributed by atoms with van der Waals surface area (Å²) in [4.78, 5) is 23.0. The third-order valence-electron chi connectivity index (χ3n) is 10.6. The number of carboxylic acid groups (broad SMARTS) is 1. The van der Waals surface area contributed by atoms with Gasteiger partial charge in [0.1, 0.15) is 6.10 Å². The largest absolute Gasteiger partial charge is 0.481 e. The summed E-state index contributed by atoms with van der Waals surface area (Å²) in [6.07, 6.45) is 9.11. The van der Waals surface area contributed by atoms with Gasteiger partial charge < -0.3 is 14.9 Å². The van der Waals surface area contributed by atoms with Crippen LogP contribution in [0.2, 0.25) is 0 Å². The van der Waals surface area contributed by atoms with Crippen molar-refractivity contribution in [2.24, 2.45) is 46.3 Å². The molecule has 0 spiro atoms. The fourth-order valence-electron chi connectivity index (χ4n) is 9.17. The Morgan fingerprint density at radius 1 is 1.06 bits per heavy atom. The van der Waals surface area contributed by atoms with E-state index < -0.39 is 5.97 Å². The van der Waals surface area contributed by atoms with Crippen LogP contribution in [0.5, 0.6) is 0 Å². The lowest BCUT2D eigenvalue weighted by Gasteiger charge is -2.62. The monoisotopic (exact) mass is 434 g/mol. The Kier molecular flexibility index (Phi) is 6.22. The van der Waals surface area contributed by atoms with Gasteiger partial charge in [-0.3, -0.25) is 9.59 Å². The number of carbonyl (C=O) groups excluding carboxylic acids is 1. The van der Waals surface area contributed by atoms with E-state index >= 15 is 0 Å². The molecule has 0 amide bonds. The second-order valence-corrected chi connectivity index (χ2v) is 11.9. The van der Waals surface area contributed by atoms with Crippen molar-refractivity contribution in [3.8, 4) is 0 Å². The number of carboxylic acids is 1. The number of ether oxygens (including phenoxy) is 1. The Labute approximate surface area is 187 Å². The molecule has 5 nitrogen and oxygen atoms in total. The van der Waals surface area contributed by atoms with Crippen LogP contribution in [0.4, 0.5) is 0 Å². The summed E-state index contributed by atoms with van der Waals surface area (Å²) in [6, 6.07) is 0. The Hall–Kier alpha value is -1.10. The molecule has 4 fully saturated rings. The molecular weight excluding hydrogens is 392 g/mol. The first kappa shape index (κ1) is 23.1. The molecule has 0 aromatic carbocycles. The van der Waals surface area contributed by atoms with Crippen molar-refractivity contribution in [3.05, 3.63) is 0 Å². The molecule has 2 N–H and O–H groups in total. The number of aliphatic hydroxyl groups excluding tert-OH is 1. The van der Waals surface area contributed by atoms with Gasteiger partial charge in [0, 0.05) is 25.2 Å². The van der Waals surface area contributed by atoms with Gasteiger partial charge in [0.25, 0.3) is 0 Å². The van der Waals surface area contributed by atoms with E-state index in [0.717, 1.165) is 19.3 Å². The molecule has 5 heteroatoms. The van der Waals surface area contributed by atoms with Gasteiger partial charge >= 0.3 is 11.9 Å². The highest BCUT2D eigenvalue weighted by atomic mass is 16.5. The van der Waals surface area contributed by atoms with E-state index in [0.29, 0.717) is 47.3 Å². The standard InChI is InChI=1S/C26H42O5/c1-15(5-10-24(29)30)20-8-9-21-19-7-6-17-13-18(28)14-23(31-16(2)27)26(17,4)22(19)11-12-25(20,21)3/h15,17-23,28H,5-14H2,1-4H3,(H,29,30)/t15-,17?,18+,19+,20-,21+,22+,23?,25-,26+/m1/s1. The number of rotatable bonds is 5. The highest BCUT2D eigenvalue weighted by Gasteiger charge is 2.63. The molecule has 0 aromatic rings. The normalized spacial score (nSPS) is 47.6. The van der Waals surface area contributed by atoms with Gasteiger partial charge in [-0.25, -0.2) is 0 Å². The van der Waals surface area contributed by atoms with Crippen LogP contribution in [0, 0.1) is 46.3 Å². The summed E-state index contributed by atoms with van der Waals surface area (Å²) in [5.74, 6) is 2.48. The molecule has 0 radical (unpaired) electrons. The highest BCUT2D eigenvalue weighted by Crippen LogP contribution is 2.68. The number of aliphatic hydroxyl groups is 1. The molecule has 0 aromatic heterocycles. The molecule has 0 bridgehead atoms. The predicted molar refractivity (Wildman–Crippen MR) is 118 cm³/mol. The lowest BCUT2D eigenvalue weighted by atomic mass is 9.43. The van der Waals surface area contributed by atoms with Crippen LogP contribution in [0.15, 0.2) is 0 Å². The minimum absolute atomic E-state index is 0.0395. The number of esters is 1. The molecule has 10 atom stereocenters. The molecule has 31 heavy (non-hydrogen) atoms. The van der Waals surface area contributed by atoms with E-state index in [2.05, 4.69) is 20.8 Å². The summed E-state index contributed by atoms with van der Waals surface area (Å²) in [6.45, 7) is 8.62. The lowest BCUT2D eigenvalue weighted by Crippen LogP contribution is -2.60. The first-order valence-corrected chi connectivity index (χ1v) is 12.6. The van der Waals surface area contributed by atoms with Gasteiger partial charge in [0.2, 0.25) is 0 Å². The van der Waals surface area contributed by atoms with Gasteiger partial charge in [-0.2, -0.15) is 0 Å². The zero-order chi connectivity index (χ0) is 22.6. The third-order valence-corrected chi connectivity index (χ3v) is 10.6. The minimum atomic E-state index is -0.683. The predicted octanol–water partition coefficient (Wildman–Crippen LogP) is 5.05. The zero-order valence-corrected chi connectivity index (χ0v) is 19.8. The first-order chi connectivity index (χ1) is 14.6. The molecule has 4 aliphatic rings. The van der Waals surface area contributed by atoms with Crippen molar-refractivity contribution < 1.29 is 24.5 Å². The Morgan fingerprint density at radius 3 is 2.48 bits per heavy atom. The zero-order valence-electron chi connectivity index (χ0n) is 19.8. The van der Waals surface area contributed by atoms with Gasteiger partial charge in [-0.15, -0.1) is 0 Å². The van der Waals surface area contributed by atoms with Crippen molar-refractivity contribution in [1.29, 1.82) is 0 Å². The average Bonchev–Trinajstić information content (AvgIpc) is 3.04. The molecule has 0 heterocycles. The topological polar surface area (TPSA) is 83.8 Å². The van der Waals surface area contributed by atoms with Gasteiger partial charge in [-0.1, -0.05) is 20.8 Å². The van der Waals surface area contributed by atoms with Crippen molar-refractivity contribution in [2.75, 3.05) is 0 Å². The van der Waals surface area contributed by atoms with E-state index in [9.17, 15) is 14.7 Å². The number of aliphatic carboxylic acids is 1. The number of hydrogen-bond acceptors (Lipinski definition) is 4. The summed E-state index contributed by atoms with van der Waals surface area (Å²) in [5.41, 5.74) is 0.259. The van der Waals surface area contributed by atoms with Crippen molar-refractivity contribution in [2.45, 2.75) is 104 Å². The quantitative estimate of drug-likeness (QED) is 0.592. The fraction of sp³-hybridized carbons (Fsp3) is 0.923. The summed E-state index contributed by atoms with van der Waals surface area (Å²) < 4.78 is 5.88. The smallest absolute Gasteiger partial charge is 0.303 e. The van der Waals surface area contributed by atoms with Crippen LogP contribution in [0.1, 0.15) is 91.9 Å². The molecular formula is C26H42O5. The molecule has 2 unspecified atom stereocenters. The third kappa shape index (κ3) is 3.83. The average molecular weight is 435 g/mol. The van der Waals surface area contributed by atoms with Gasteiger partial charge in [-0.05, 0) is 92.3 Å². The highest BCUT2D eigenvalue weighted by molar-refractivity contribution is 5.66. The van der Waals surface area contributed by atoms with Gasteiger partial charge in [0.05, 0.1) is 6.10 Å². The molecule has 4 aliphatic carbocycles. The first-order valence-electron chi connectivity index (χ1n) is 12.6. The number of carbonyl (C=O) groups is 2. The van der Waals surface area contributed by atoms with E-state index in [1.807, 2.05) is 0 Å². The Balaban J connectivity index is 1.57.